The van der Waals surface area contributed by atoms with Gasteiger partial charge in [0, 0.05) is 12.1 Å². The molecule has 1 aromatic rings. The molecule has 0 heterocycles. The number of nitro benzene ring substituents is 1. The minimum Gasteiger partial charge on any atom is -0.376 e. The summed E-state index contributed by atoms with van der Waals surface area (Å²) in [4.78, 5) is 10.6. The molecule has 2 unspecified atom stereocenters. The summed E-state index contributed by atoms with van der Waals surface area (Å²) in [5.74, 6) is 0.694. The van der Waals surface area contributed by atoms with Crippen molar-refractivity contribution < 1.29 is 4.92 Å². The molecule has 0 radical (unpaired) electrons. The van der Waals surface area contributed by atoms with E-state index < -0.39 is 0 Å². The molecule has 2 atom stereocenters. The zero-order valence-electron chi connectivity index (χ0n) is 10.3. The van der Waals surface area contributed by atoms with Crippen LogP contribution in [0.2, 0.25) is 0 Å². The highest BCUT2D eigenvalue weighted by Crippen LogP contribution is 2.40. The quantitative estimate of drug-likeness (QED) is 0.626. The van der Waals surface area contributed by atoms with E-state index in [2.05, 4.69) is 12.2 Å². The van der Waals surface area contributed by atoms with Crippen LogP contribution in [-0.4, -0.2) is 11.0 Å². The van der Waals surface area contributed by atoms with E-state index in [-0.39, 0.29) is 10.6 Å². The summed E-state index contributed by atoms with van der Waals surface area (Å²) >= 11 is 0. The fraction of sp³-hybridized carbons (Fsp3) is 0.538. The third-order valence-electron chi connectivity index (χ3n) is 3.36. The third kappa shape index (κ3) is 2.57. The van der Waals surface area contributed by atoms with Gasteiger partial charge in [0.25, 0.3) is 5.69 Å². The fourth-order valence-electron chi connectivity index (χ4n) is 2.29. The van der Waals surface area contributed by atoms with Crippen molar-refractivity contribution in [2.24, 2.45) is 5.92 Å². The summed E-state index contributed by atoms with van der Waals surface area (Å²) in [6, 6.07) is 5.63. The summed E-state index contributed by atoms with van der Waals surface area (Å²) in [6.45, 7) is 4.08. The lowest BCUT2D eigenvalue weighted by atomic mass is 10.1. The molecule has 1 N–H and O–H groups in total. The first-order valence-electron chi connectivity index (χ1n) is 6.14. The lowest BCUT2D eigenvalue weighted by molar-refractivity contribution is -0.384. The SMILES string of the molecule is CCCC1CC1Nc1c(C)cccc1[N+](=O)[O-]. The van der Waals surface area contributed by atoms with E-state index in [1.54, 1.807) is 12.1 Å². The molecule has 0 amide bonds. The molecule has 4 heteroatoms. The minimum absolute atomic E-state index is 0.187. The number of hydrogen-bond acceptors (Lipinski definition) is 3. The number of rotatable bonds is 5. The van der Waals surface area contributed by atoms with Crippen molar-refractivity contribution in [3.8, 4) is 0 Å². The first-order chi connectivity index (χ1) is 8.13. The first kappa shape index (κ1) is 11.9. The van der Waals surface area contributed by atoms with Crippen LogP contribution in [0.1, 0.15) is 31.7 Å². The first-order valence-corrected chi connectivity index (χ1v) is 6.14. The zero-order chi connectivity index (χ0) is 12.4. The molecular formula is C13H18N2O2. The van der Waals surface area contributed by atoms with Crippen LogP contribution in [-0.2, 0) is 0 Å². The molecule has 17 heavy (non-hydrogen) atoms. The van der Waals surface area contributed by atoms with Crippen molar-refractivity contribution in [2.75, 3.05) is 5.32 Å². The topological polar surface area (TPSA) is 55.2 Å². The number of hydrogen-bond donors (Lipinski definition) is 1. The maximum absolute atomic E-state index is 10.9. The van der Waals surface area contributed by atoms with Crippen LogP contribution in [0.15, 0.2) is 18.2 Å². The molecule has 0 saturated heterocycles. The molecule has 0 spiro atoms. The average molecular weight is 234 g/mol. The van der Waals surface area contributed by atoms with Gasteiger partial charge in [0.15, 0.2) is 0 Å². The molecule has 2 rings (SSSR count). The van der Waals surface area contributed by atoms with E-state index in [0.717, 1.165) is 12.0 Å². The number of para-hydroxylation sites is 1. The molecule has 92 valence electrons. The molecule has 1 aromatic carbocycles. The van der Waals surface area contributed by atoms with E-state index in [1.165, 1.54) is 12.8 Å². The predicted octanol–water partition coefficient (Wildman–Crippen LogP) is 3.50. The van der Waals surface area contributed by atoms with Crippen LogP contribution in [0, 0.1) is 23.0 Å². The van der Waals surface area contributed by atoms with Crippen LogP contribution < -0.4 is 5.32 Å². The van der Waals surface area contributed by atoms with Crippen molar-refractivity contribution in [2.45, 2.75) is 39.2 Å². The van der Waals surface area contributed by atoms with E-state index in [9.17, 15) is 10.1 Å². The zero-order valence-corrected chi connectivity index (χ0v) is 10.3. The standard InChI is InChI=1S/C13H18N2O2/c1-3-5-10-8-11(10)14-13-9(2)6-4-7-12(13)15(16)17/h4,6-7,10-11,14H,3,5,8H2,1-2H3. The number of benzene rings is 1. The Bertz CT molecular complexity index is 431. The summed E-state index contributed by atoms with van der Waals surface area (Å²) in [7, 11) is 0. The average Bonchev–Trinajstić information content (AvgIpc) is 3.00. The van der Waals surface area contributed by atoms with Crippen molar-refractivity contribution in [1.29, 1.82) is 0 Å². The van der Waals surface area contributed by atoms with Gasteiger partial charge in [0.1, 0.15) is 5.69 Å². The van der Waals surface area contributed by atoms with Crippen molar-refractivity contribution in [3.05, 3.63) is 33.9 Å². The van der Waals surface area contributed by atoms with Gasteiger partial charge in [-0.25, -0.2) is 0 Å². The second kappa shape index (κ2) is 4.73. The maximum atomic E-state index is 10.9. The summed E-state index contributed by atoms with van der Waals surface area (Å²) < 4.78 is 0. The predicted molar refractivity (Wildman–Crippen MR) is 68.3 cm³/mol. The van der Waals surface area contributed by atoms with Crippen LogP contribution in [0.5, 0.6) is 0 Å². The highest BCUT2D eigenvalue weighted by Gasteiger charge is 2.37. The van der Waals surface area contributed by atoms with Crippen molar-refractivity contribution in [1.82, 2.24) is 0 Å². The summed E-state index contributed by atoms with van der Waals surface area (Å²) in [5.41, 5.74) is 1.83. The molecule has 4 nitrogen and oxygen atoms in total. The number of nitrogens with one attached hydrogen (secondary N) is 1. The Kier molecular flexibility index (Phi) is 3.31. The highest BCUT2D eigenvalue weighted by molar-refractivity contribution is 5.66. The van der Waals surface area contributed by atoms with Gasteiger partial charge in [0.2, 0.25) is 0 Å². The van der Waals surface area contributed by atoms with E-state index in [1.807, 2.05) is 13.0 Å². The van der Waals surface area contributed by atoms with Crippen molar-refractivity contribution >= 4 is 11.4 Å². The van der Waals surface area contributed by atoms with Gasteiger partial charge in [-0.15, -0.1) is 0 Å². The van der Waals surface area contributed by atoms with E-state index in [0.29, 0.717) is 17.6 Å². The van der Waals surface area contributed by atoms with E-state index >= 15 is 0 Å². The van der Waals surface area contributed by atoms with Gasteiger partial charge < -0.3 is 5.32 Å². The van der Waals surface area contributed by atoms with Gasteiger partial charge in [-0.05, 0) is 31.2 Å². The van der Waals surface area contributed by atoms with Gasteiger partial charge in [0.05, 0.1) is 4.92 Å². The Morgan fingerprint density at radius 1 is 1.53 bits per heavy atom. The number of nitro groups is 1. The molecule has 1 aliphatic carbocycles. The fourth-order valence-corrected chi connectivity index (χ4v) is 2.29. The molecule has 0 aromatic heterocycles. The maximum Gasteiger partial charge on any atom is 0.292 e. The molecular weight excluding hydrogens is 216 g/mol. The van der Waals surface area contributed by atoms with Gasteiger partial charge >= 0.3 is 0 Å². The Balaban J connectivity index is 2.13. The number of anilines is 1. The van der Waals surface area contributed by atoms with Gasteiger partial charge in [-0.2, -0.15) is 0 Å². The van der Waals surface area contributed by atoms with Crippen LogP contribution in [0.3, 0.4) is 0 Å². The smallest absolute Gasteiger partial charge is 0.292 e. The second-order valence-electron chi connectivity index (χ2n) is 4.76. The minimum atomic E-state index is -0.313. The molecule has 1 fully saturated rings. The molecule has 0 aliphatic heterocycles. The molecule has 0 bridgehead atoms. The lowest BCUT2D eigenvalue weighted by Crippen LogP contribution is -2.08. The van der Waals surface area contributed by atoms with Crippen LogP contribution in [0.4, 0.5) is 11.4 Å². The van der Waals surface area contributed by atoms with E-state index in [4.69, 9.17) is 0 Å². The third-order valence-corrected chi connectivity index (χ3v) is 3.36. The Labute approximate surface area is 101 Å². The van der Waals surface area contributed by atoms with Gasteiger partial charge in [-0.1, -0.05) is 25.5 Å². The number of nitrogens with zero attached hydrogens (tertiary/aromatic N) is 1. The Morgan fingerprint density at radius 2 is 2.29 bits per heavy atom. The van der Waals surface area contributed by atoms with Crippen molar-refractivity contribution in [3.63, 3.8) is 0 Å². The Hall–Kier alpha value is -1.58. The monoisotopic (exact) mass is 234 g/mol. The Morgan fingerprint density at radius 3 is 2.94 bits per heavy atom. The molecule has 1 aliphatic rings. The summed E-state index contributed by atoms with van der Waals surface area (Å²) in [6.07, 6.45) is 3.52. The summed E-state index contributed by atoms with van der Waals surface area (Å²) in [5, 5.41) is 14.3. The molecule has 1 saturated carbocycles. The lowest BCUT2D eigenvalue weighted by Gasteiger charge is -2.09. The van der Waals surface area contributed by atoms with Crippen LogP contribution in [0.25, 0.3) is 0 Å². The second-order valence-corrected chi connectivity index (χ2v) is 4.76. The number of aryl methyl sites for hydroxylation is 1. The highest BCUT2D eigenvalue weighted by atomic mass is 16.6. The van der Waals surface area contributed by atoms with Gasteiger partial charge in [-0.3, -0.25) is 10.1 Å². The largest absolute Gasteiger partial charge is 0.376 e. The normalized spacial score (nSPS) is 22.2. The van der Waals surface area contributed by atoms with Crippen LogP contribution >= 0.6 is 0 Å².